The molecular formula is C15H19N3O5S. The van der Waals surface area contributed by atoms with Gasteiger partial charge in [0.05, 0.1) is 16.6 Å². The van der Waals surface area contributed by atoms with Crippen LogP contribution in [0.3, 0.4) is 0 Å². The quantitative estimate of drug-likeness (QED) is 0.810. The Morgan fingerprint density at radius 1 is 1.33 bits per heavy atom. The molecule has 1 fully saturated rings. The van der Waals surface area contributed by atoms with Gasteiger partial charge in [0.1, 0.15) is 5.75 Å². The van der Waals surface area contributed by atoms with Crippen LogP contribution in [0, 0.1) is 0 Å². The van der Waals surface area contributed by atoms with Crippen molar-refractivity contribution in [1.29, 1.82) is 0 Å². The van der Waals surface area contributed by atoms with E-state index >= 15 is 0 Å². The number of carbonyl (C=O) groups is 2. The Balaban J connectivity index is 1.76. The maximum absolute atomic E-state index is 12.5. The highest BCUT2D eigenvalue weighted by Gasteiger charge is 2.28. The molecule has 1 atom stereocenters. The molecule has 3 rings (SSSR count). The molecule has 2 N–H and O–H groups in total. The van der Waals surface area contributed by atoms with E-state index in [0.29, 0.717) is 24.5 Å². The predicted octanol–water partition coefficient (Wildman–Crippen LogP) is 0.307. The standard InChI is InChI=1S/C15H19N3O5S/c1-10(15(20)18-6-2-3-7-18)17-24(21,22)11-4-5-13-12(8-11)16-14(19)9-23-13/h4-5,8,10,17H,2-3,6-7,9H2,1H3,(H,16,19)/t10-/m0/s1. The van der Waals surface area contributed by atoms with Crippen molar-refractivity contribution in [3.63, 3.8) is 0 Å². The van der Waals surface area contributed by atoms with Gasteiger partial charge in [-0.25, -0.2) is 8.42 Å². The molecule has 2 aliphatic rings. The van der Waals surface area contributed by atoms with Gasteiger partial charge < -0.3 is 15.0 Å². The summed E-state index contributed by atoms with van der Waals surface area (Å²) >= 11 is 0. The summed E-state index contributed by atoms with van der Waals surface area (Å²) in [6.07, 6.45) is 1.88. The number of anilines is 1. The normalized spacial score (nSPS) is 18.5. The molecule has 1 saturated heterocycles. The summed E-state index contributed by atoms with van der Waals surface area (Å²) in [6.45, 7) is 2.75. The Morgan fingerprint density at radius 2 is 2.04 bits per heavy atom. The third kappa shape index (κ3) is 3.36. The molecule has 24 heavy (non-hydrogen) atoms. The van der Waals surface area contributed by atoms with Gasteiger partial charge in [-0.05, 0) is 38.0 Å². The fourth-order valence-electron chi connectivity index (χ4n) is 2.79. The summed E-state index contributed by atoms with van der Waals surface area (Å²) in [4.78, 5) is 25.2. The molecule has 2 heterocycles. The lowest BCUT2D eigenvalue weighted by Crippen LogP contribution is -2.45. The molecule has 0 spiro atoms. The fraction of sp³-hybridized carbons (Fsp3) is 0.467. The molecule has 9 heteroatoms. The SMILES string of the molecule is C[C@H](NS(=O)(=O)c1ccc2c(c1)NC(=O)CO2)C(=O)N1CCCC1. The monoisotopic (exact) mass is 353 g/mol. The first kappa shape index (κ1) is 16.7. The minimum atomic E-state index is -3.89. The topological polar surface area (TPSA) is 105 Å². The van der Waals surface area contributed by atoms with Gasteiger partial charge in [-0.15, -0.1) is 0 Å². The number of nitrogens with zero attached hydrogens (tertiary/aromatic N) is 1. The Hall–Kier alpha value is -2.13. The molecule has 1 aromatic carbocycles. The van der Waals surface area contributed by atoms with Crippen molar-refractivity contribution in [3.8, 4) is 5.75 Å². The van der Waals surface area contributed by atoms with Crippen molar-refractivity contribution in [2.24, 2.45) is 0 Å². The molecule has 0 aromatic heterocycles. The van der Waals surface area contributed by atoms with E-state index in [2.05, 4.69) is 10.0 Å². The maximum Gasteiger partial charge on any atom is 0.262 e. The van der Waals surface area contributed by atoms with Crippen LogP contribution in [-0.2, 0) is 19.6 Å². The van der Waals surface area contributed by atoms with Crippen LogP contribution < -0.4 is 14.8 Å². The summed E-state index contributed by atoms with van der Waals surface area (Å²) in [7, 11) is -3.89. The number of benzene rings is 1. The number of carbonyl (C=O) groups excluding carboxylic acids is 2. The van der Waals surface area contributed by atoms with Gasteiger partial charge >= 0.3 is 0 Å². The van der Waals surface area contributed by atoms with Gasteiger partial charge in [-0.1, -0.05) is 0 Å². The maximum atomic E-state index is 12.5. The summed E-state index contributed by atoms with van der Waals surface area (Å²) in [5, 5.41) is 2.56. The van der Waals surface area contributed by atoms with E-state index in [0.717, 1.165) is 12.8 Å². The second-order valence-corrected chi connectivity index (χ2v) is 7.58. The highest BCUT2D eigenvalue weighted by Crippen LogP contribution is 2.30. The molecular weight excluding hydrogens is 334 g/mol. The zero-order valence-corrected chi connectivity index (χ0v) is 14.1. The largest absolute Gasteiger partial charge is 0.482 e. The van der Waals surface area contributed by atoms with Crippen LogP contribution in [0.25, 0.3) is 0 Å². The number of fused-ring (bicyclic) bond motifs is 1. The van der Waals surface area contributed by atoms with Gasteiger partial charge in [0.2, 0.25) is 15.9 Å². The van der Waals surface area contributed by atoms with E-state index in [1.807, 2.05) is 0 Å². The highest BCUT2D eigenvalue weighted by molar-refractivity contribution is 7.89. The number of nitrogens with one attached hydrogen (secondary N) is 2. The number of rotatable bonds is 4. The molecule has 130 valence electrons. The van der Waals surface area contributed by atoms with Gasteiger partial charge in [0.15, 0.2) is 6.61 Å². The van der Waals surface area contributed by atoms with Crippen molar-refractivity contribution >= 4 is 27.5 Å². The molecule has 2 aliphatic heterocycles. The summed E-state index contributed by atoms with van der Waals surface area (Å²) in [5.74, 6) is -0.164. The minimum absolute atomic E-state index is 0.0341. The van der Waals surface area contributed by atoms with E-state index < -0.39 is 16.1 Å². The average molecular weight is 353 g/mol. The van der Waals surface area contributed by atoms with Crippen molar-refractivity contribution in [2.45, 2.75) is 30.7 Å². The Bertz CT molecular complexity index is 771. The van der Waals surface area contributed by atoms with Crippen molar-refractivity contribution in [1.82, 2.24) is 9.62 Å². The van der Waals surface area contributed by atoms with Crippen LogP contribution in [0.15, 0.2) is 23.1 Å². The molecule has 8 nitrogen and oxygen atoms in total. The van der Waals surface area contributed by atoms with Crippen LogP contribution in [0.4, 0.5) is 5.69 Å². The average Bonchev–Trinajstić information content (AvgIpc) is 3.07. The molecule has 0 unspecified atom stereocenters. The van der Waals surface area contributed by atoms with Crippen LogP contribution in [0.5, 0.6) is 5.75 Å². The lowest BCUT2D eigenvalue weighted by atomic mass is 10.2. The molecule has 0 bridgehead atoms. The van der Waals surface area contributed by atoms with Crippen LogP contribution in [-0.4, -0.2) is 50.9 Å². The van der Waals surface area contributed by atoms with Gasteiger partial charge in [0.25, 0.3) is 5.91 Å². The zero-order chi connectivity index (χ0) is 17.3. The number of hydrogen-bond donors (Lipinski definition) is 2. The van der Waals surface area contributed by atoms with Gasteiger partial charge in [0, 0.05) is 13.1 Å². The van der Waals surface area contributed by atoms with Crippen molar-refractivity contribution < 1.29 is 22.7 Å². The molecule has 0 saturated carbocycles. The van der Waals surface area contributed by atoms with Gasteiger partial charge in [-0.3, -0.25) is 9.59 Å². The fourth-order valence-corrected chi connectivity index (χ4v) is 4.01. The molecule has 0 aliphatic carbocycles. The number of amides is 2. The highest BCUT2D eigenvalue weighted by atomic mass is 32.2. The Kier molecular flexibility index (Phi) is 4.46. The first-order valence-corrected chi connectivity index (χ1v) is 9.23. The Labute approximate surface area is 140 Å². The van der Waals surface area contributed by atoms with Crippen molar-refractivity contribution in [3.05, 3.63) is 18.2 Å². The van der Waals surface area contributed by atoms with Crippen molar-refractivity contribution in [2.75, 3.05) is 25.0 Å². The first-order valence-electron chi connectivity index (χ1n) is 7.74. The first-order chi connectivity index (χ1) is 11.4. The number of likely N-dealkylation sites (tertiary alicyclic amines) is 1. The number of ether oxygens (including phenoxy) is 1. The van der Waals surface area contributed by atoms with Crippen LogP contribution in [0.2, 0.25) is 0 Å². The van der Waals surface area contributed by atoms with E-state index in [1.54, 1.807) is 4.90 Å². The third-order valence-corrected chi connectivity index (χ3v) is 5.55. The molecule has 0 radical (unpaired) electrons. The summed E-state index contributed by atoms with van der Waals surface area (Å²) in [6, 6.07) is 3.33. The lowest BCUT2D eigenvalue weighted by molar-refractivity contribution is -0.131. The number of sulfonamides is 1. The van der Waals surface area contributed by atoms with E-state index in [4.69, 9.17) is 4.74 Å². The van der Waals surface area contributed by atoms with E-state index in [1.165, 1.54) is 25.1 Å². The molecule has 2 amide bonds. The summed E-state index contributed by atoms with van der Waals surface area (Å²) < 4.78 is 32.6. The van der Waals surface area contributed by atoms with Gasteiger partial charge in [-0.2, -0.15) is 4.72 Å². The second kappa shape index (κ2) is 6.40. The van der Waals surface area contributed by atoms with Crippen LogP contribution in [0.1, 0.15) is 19.8 Å². The second-order valence-electron chi connectivity index (χ2n) is 5.87. The third-order valence-electron chi connectivity index (χ3n) is 4.01. The minimum Gasteiger partial charge on any atom is -0.482 e. The molecule has 1 aromatic rings. The van der Waals surface area contributed by atoms with E-state index in [9.17, 15) is 18.0 Å². The predicted molar refractivity (Wildman–Crippen MR) is 86.2 cm³/mol. The smallest absolute Gasteiger partial charge is 0.262 e. The number of hydrogen-bond acceptors (Lipinski definition) is 5. The lowest BCUT2D eigenvalue weighted by Gasteiger charge is -2.22. The Morgan fingerprint density at radius 3 is 2.75 bits per heavy atom. The van der Waals surface area contributed by atoms with E-state index in [-0.39, 0.29) is 23.3 Å². The summed E-state index contributed by atoms with van der Waals surface area (Å²) in [5.41, 5.74) is 0.299. The van der Waals surface area contributed by atoms with Crippen LogP contribution >= 0.6 is 0 Å². The zero-order valence-electron chi connectivity index (χ0n) is 13.2.